The molecule has 0 aromatic heterocycles. The van der Waals surface area contributed by atoms with Crippen LogP contribution in [0.25, 0.3) is 0 Å². The minimum Gasteiger partial charge on any atom is -0.495 e. The summed E-state index contributed by atoms with van der Waals surface area (Å²) in [6.45, 7) is -0.146. The van der Waals surface area contributed by atoms with Crippen LogP contribution in [0.15, 0.2) is 42.5 Å². The molecular weight excluding hydrogens is 313 g/mol. The zero-order valence-electron chi connectivity index (χ0n) is 12.1. The number of hydrogen-bond donors (Lipinski definition) is 1. The lowest BCUT2D eigenvalue weighted by Gasteiger charge is -2.15. The second kappa shape index (κ2) is 6.55. The number of hydrogen-bond acceptors (Lipinski definition) is 4. The molecule has 122 valence electrons. The highest BCUT2D eigenvalue weighted by Gasteiger charge is 2.32. The molecule has 0 aliphatic rings. The molecule has 2 aromatic rings. The van der Waals surface area contributed by atoms with Gasteiger partial charge in [-0.2, -0.15) is 13.2 Å². The van der Waals surface area contributed by atoms with Crippen molar-refractivity contribution in [2.24, 2.45) is 0 Å². The van der Waals surface area contributed by atoms with Gasteiger partial charge in [-0.25, -0.2) is 0 Å². The topological polar surface area (TPSA) is 64.4 Å². The number of nitro groups is 1. The number of rotatable bonds is 5. The fraction of sp³-hybridized carbons (Fsp3) is 0.200. The van der Waals surface area contributed by atoms with Crippen LogP contribution in [0.3, 0.4) is 0 Å². The molecule has 5 nitrogen and oxygen atoms in total. The van der Waals surface area contributed by atoms with Gasteiger partial charge in [0.25, 0.3) is 5.69 Å². The molecule has 0 heterocycles. The molecule has 0 unspecified atom stereocenters. The average molecular weight is 326 g/mol. The third kappa shape index (κ3) is 3.91. The molecule has 0 atom stereocenters. The van der Waals surface area contributed by atoms with E-state index in [-0.39, 0.29) is 23.5 Å². The number of nitrogens with zero attached hydrogens (tertiary/aromatic N) is 1. The van der Waals surface area contributed by atoms with Crippen molar-refractivity contribution in [3.05, 3.63) is 63.7 Å². The molecule has 1 N–H and O–H groups in total. The van der Waals surface area contributed by atoms with Crippen LogP contribution in [-0.2, 0) is 12.7 Å². The van der Waals surface area contributed by atoms with Crippen molar-refractivity contribution in [1.82, 2.24) is 0 Å². The first-order valence-corrected chi connectivity index (χ1v) is 6.54. The van der Waals surface area contributed by atoms with Crippen molar-refractivity contribution in [2.75, 3.05) is 12.4 Å². The Morgan fingerprint density at radius 2 is 1.91 bits per heavy atom. The van der Waals surface area contributed by atoms with Crippen LogP contribution in [0.5, 0.6) is 5.75 Å². The second-order valence-corrected chi connectivity index (χ2v) is 4.65. The Bertz CT molecular complexity index is 717. The lowest BCUT2D eigenvalue weighted by molar-refractivity contribution is -0.384. The van der Waals surface area contributed by atoms with Crippen molar-refractivity contribution in [1.29, 1.82) is 0 Å². The van der Waals surface area contributed by atoms with E-state index in [1.807, 2.05) is 0 Å². The summed E-state index contributed by atoms with van der Waals surface area (Å²) >= 11 is 0. The van der Waals surface area contributed by atoms with Gasteiger partial charge in [-0.1, -0.05) is 18.2 Å². The van der Waals surface area contributed by atoms with Gasteiger partial charge in [0.15, 0.2) is 0 Å². The molecule has 0 radical (unpaired) electrons. The van der Waals surface area contributed by atoms with E-state index in [1.54, 1.807) is 0 Å². The summed E-state index contributed by atoms with van der Waals surface area (Å²) < 4.78 is 43.9. The largest absolute Gasteiger partial charge is 0.495 e. The third-order valence-electron chi connectivity index (χ3n) is 3.19. The maximum Gasteiger partial charge on any atom is 0.416 e. The van der Waals surface area contributed by atoms with Gasteiger partial charge in [-0.15, -0.1) is 0 Å². The summed E-state index contributed by atoms with van der Waals surface area (Å²) in [7, 11) is 1.37. The van der Waals surface area contributed by atoms with Gasteiger partial charge in [0.05, 0.1) is 23.3 Å². The number of methoxy groups -OCH3 is 1. The van der Waals surface area contributed by atoms with Crippen LogP contribution in [0.2, 0.25) is 0 Å². The maximum atomic E-state index is 12.9. The number of non-ortho nitro benzene ring substituents is 1. The first-order valence-electron chi connectivity index (χ1n) is 6.54. The lowest BCUT2D eigenvalue weighted by Crippen LogP contribution is -2.12. The Labute approximate surface area is 129 Å². The minimum absolute atomic E-state index is 0.0357. The highest BCUT2D eigenvalue weighted by molar-refractivity contribution is 5.61. The summed E-state index contributed by atoms with van der Waals surface area (Å²) in [5.41, 5.74) is -0.651. The van der Waals surface area contributed by atoms with E-state index in [4.69, 9.17) is 4.74 Å². The SMILES string of the molecule is COc1ccc([N+](=O)[O-])cc1NCc1ccccc1C(F)(F)F. The minimum atomic E-state index is -4.47. The van der Waals surface area contributed by atoms with E-state index in [1.165, 1.54) is 43.5 Å². The molecule has 0 spiro atoms. The molecule has 0 bridgehead atoms. The maximum absolute atomic E-state index is 12.9. The molecule has 8 heteroatoms. The fourth-order valence-corrected chi connectivity index (χ4v) is 2.09. The van der Waals surface area contributed by atoms with Crippen molar-refractivity contribution in [2.45, 2.75) is 12.7 Å². The van der Waals surface area contributed by atoms with Gasteiger partial charge in [0.2, 0.25) is 0 Å². The van der Waals surface area contributed by atoms with E-state index < -0.39 is 16.7 Å². The van der Waals surface area contributed by atoms with Crippen molar-refractivity contribution in [3.8, 4) is 5.75 Å². The Kier molecular flexibility index (Phi) is 4.73. The van der Waals surface area contributed by atoms with Gasteiger partial charge < -0.3 is 10.1 Å². The van der Waals surface area contributed by atoms with E-state index in [2.05, 4.69) is 5.32 Å². The van der Waals surface area contributed by atoms with Crippen LogP contribution in [0, 0.1) is 10.1 Å². The highest BCUT2D eigenvalue weighted by atomic mass is 19.4. The monoisotopic (exact) mass is 326 g/mol. The quantitative estimate of drug-likeness (QED) is 0.659. The molecule has 0 saturated heterocycles. The van der Waals surface area contributed by atoms with Crippen LogP contribution in [-0.4, -0.2) is 12.0 Å². The van der Waals surface area contributed by atoms with Gasteiger partial charge >= 0.3 is 6.18 Å². The Hall–Kier alpha value is -2.77. The zero-order valence-corrected chi connectivity index (χ0v) is 12.1. The van der Waals surface area contributed by atoms with Crippen LogP contribution in [0.1, 0.15) is 11.1 Å². The number of anilines is 1. The van der Waals surface area contributed by atoms with E-state index in [0.717, 1.165) is 6.07 Å². The molecule has 0 aliphatic carbocycles. The number of benzene rings is 2. The first kappa shape index (κ1) is 16.6. The first-order chi connectivity index (χ1) is 10.8. The van der Waals surface area contributed by atoms with Gasteiger partial charge in [0.1, 0.15) is 5.75 Å². The van der Waals surface area contributed by atoms with E-state index in [0.29, 0.717) is 5.75 Å². The predicted molar refractivity (Wildman–Crippen MR) is 78.4 cm³/mol. The van der Waals surface area contributed by atoms with Crippen LogP contribution in [0.4, 0.5) is 24.5 Å². The van der Waals surface area contributed by atoms with Crippen LogP contribution < -0.4 is 10.1 Å². The van der Waals surface area contributed by atoms with Crippen molar-refractivity contribution < 1.29 is 22.8 Å². The molecule has 2 aromatic carbocycles. The molecule has 23 heavy (non-hydrogen) atoms. The normalized spacial score (nSPS) is 11.1. The third-order valence-corrected chi connectivity index (χ3v) is 3.19. The lowest BCUT2D eigenvalue weighted by atomic mass is 10.1. The molecular formula is C15H13F3N2O3. The number of ether oxygens (including phenoxy) is 1. The molecule has 0 amide bonds. The molecule has 0 saturated carbocycles. The zero-order chi connectivity index (χ0) is 17.0. The van der Waals surface area contributed by atoms with E-state index >= 15 is 0 Å². The summed E-state index contributed by atoms with van der Waals surface area (Å²) in [5, 5.41) is 13.6. The highest BCUT2D eigenvalue weighted by Crippen LogP contribution is 2.33. The summed E-state index contributed by atoms with van der Waals surface area (Å²) in [6, 6.07) is 9.00. The fourth-order valence-electron chi connectivity index (χ4n) is 2.09. The van der Waals surface area contributed by atoms with Crippen molar-refractivity contribution in [3.63, 3.8) is 0 Å². The molecule has 0 aliphatic heterocycles. The summed E-state index contributed by atoms with van der Waals surface area (Å²) in [4.78, 5) is 10.2. The standard InChI is InChI=1S/C15H13F3N2O3/c1-23-14-7-6-11(20(21)22)8-13(14)19-9-10-4-2-3-5-12(10)15(16,17)18/h2-8,19H,9H2,1H3. The smallest absolute Gasteiger partial charge is 0.416 e. The predicted octanol–water partition coefficient (Wildman–Crippen LogP) is 4.23. The Morgan fingerprint density at radius 1 is 1.22 bits per heavy atom. The van der Waals surface area contributed by atoms with Crippen LogP contribution >= 0.6 is 0 Å². The summed E-state index contributed by atoms with van der Waals surface area (Å²) in [6.07, 6.45) is -4.47. The van der Waals surface area contributed by atoms with Crippen molar-refractivity contribution >= 4 is 11.4 Å². The van der Waals surface area contributed by atoms with E-state index in [9.17, 15) is 23.3 Å². The van der Waals surface area contributed by atoms with Gasteiger partial charge in [-0.05, 0) is 17.7 Å². The van der Waals surface area contributed by atoms with Gasteiger partial charge in [-0.3, -0.25) is 10.1 Å². The molecule has 2 rings (SSSR count). The number of halogens is 3. The number of alkyl halides is 3. The Balaban J connectivity index is 2.28. The number of nitro benzene ring substituents is 1. The Morgan fingerprint density at radius 3 is 2.52 bits per heavy atom. The number of nitrogens with one attached hydrogen (secondary N) is 1. The summed E-state index contributed by atoms with van der Waals surface area (Å²) in [5.74, 6) is 0.306. The molecule has 0 fully saturated rings. The second-order valence-electron chi connectivity index (χ2n) is 4.65. The van der Waals surface area contributed by atoms with Gasteiger partial charge in [0, 0.05) is 18.7 Å². The average Bonchev–Trinajstić information content (AvgIpc) is 2.51.